The lowest BCUT2D eigenvalue weighted by Crippen LogP contribution is -2.64. The molecule has 10 rings (SSSR count). The number of nitrogens with zero attached hydrogens (tertiary/aromatic N) is 6. The standard InChI is InChI=1S/C73H90F2N10O12/c1-44-37-82(55(39-81-30-33-95-42-45(81)2)40-83(44)70(93)97-72(7,8)9)41-61(86)85-43-73(10,57-26-18-48(35-60(57)85)34-47-16-20-52(74)21-17-47)68(91)77-54-24-22-53(23-25-54)76-65(88)50-19-27-58(75)59(36-50)78-66(89)63-56-15-13-12-14-51(56)38-84(63)67(90)62(49-28-31-94-32-29-49)79-64(87)46(3)80(11)69(92)96-71(4,5)6/h12-27,35-36,44-46,49,55,62-63H,28-34,37-43H2,1-11H3,(H,76,88)(H,77,91)(H,78,89)(H,79,87)/t44-,45?,46?,55+,62?,63+,73?/m1/s1. The normalized spacial score (nSPS) is 21.4. The van der Waals surface area contributed by atoms with Crippen molar-refractivity contribution < 1.29 is 66.1 Å². The van der Waals surface area contributed by atoms with E-state index in [1.165, 1.54) is 43.1 Å². The van der Waals surface area contributed by atoms with Crippen LogP contribution >= 0.6 is 0 Å². The van der Waals surface area contributed by atoms with Gasteiger partial charge in [0.1, 0.15) is 41.0 Å². The van der Waals surface area contributed by atoms with Crippen LogP contribution in [0.15, 0.2) is 109 Å². The molecule has 0 aromatic heterocycles. The Morgan fingerprint density at radius 3 is 2.08 bits per heavy atom. The number of carbonyl (C=O) groups is 8. The predicted molar refractivity (Wildman–Crippen MR) is 362 cm³/mol. The lowest BCUT2D eigenvalue weighted by molar-refractivity contribution is -0.144. The Morgan fingerprint density at radius 1 is 0.732 bits per heavy atom. The van der Waals surface area contributed by atoms with Crippen molar-refractivity contribution in [2.75, 3.05) is 93.6 Å². The van der Waals surface area contributed by atoms with Crippen molar-refractivity contribution in [3.05, 3.63) is 154 Å². The number of morpholine rings is 1. The molecule has 5 heterocycles. The van der Waals surface area contributed by atoms with Crippen molar-refractivity contribution in [2.45, 2.75) is 148 Å². The van der Waals surface area contributed by atoms with Gasteiger partial charge in [-0.15, -0.1) is 0 Å². The van der Waals surface area contributed by atoms with Crippen LogP contribution in [0.3, 0.4) is 0 Å². The van der Waals surface area contributed by atoms with E-state index in [1.54, 1.807) is 98.2 Å². The highest BCUT2D eigenvalue weighted by atomic mass is 19.1. The highest BCUT2D eigenvalue weighted by Gasteiger charge is 2.49. The number of fused-ring (bicyclic) bond motifs is 2. The second-order valence-electron chi connectivity index (χ2n) is 28.4. The zero-order valence-electron chi connectivity index (χ0n) is 57.2. The molecular formula is C73H90F2N10O12. The zero-order chi connectivity index (χ0) is 69.8. The van der Waals surface area contributed by atoms with Crippen molar-refractivity contribution >= 4 is 70.4 Å². The van der Waals surface area contributed by atoms with Gasteiger partial charge in [0.25, 0.3) is 11.8 Å². The molecule has 7 atom stereocenters. The Labute approximate surface area is 565 Å². The lowest BCUT2D eigenvalue weighted by atomic mass is 9.83. The molecule has 5 aromatic carbocycles. The van der Waals surface area contributed by atoms with E-state index in [4.69, 9.17) is 18.9 Å². The van der Waals surface area contributed by atoms with Crippen molar-refractivity contribution in [1.82, 2.24) is 29.8 Å². The Morgan fingerprint density at radius 2 is 1.40 bits per heavy atom. The number of anilines is 4. The van der Waals surface area contributed by atoms with E-state index < -0.39 is 88.2 Å². The van der Waals surface area contributed by atoms with Crippen molar-refractivity contribution in [3.63, 3.8) is 0 Å². The van der Waals surface area contributed by atoms with Crippen LogP contribution in [-0.4, -0.2) is 186 Å². The van der Waals surface area contributed by atoms with Crippen LogP contribution < -0.4 is 26.2 Å². The summed E-state index contributed by atoms with van der Waals surface area (Å²) in [5.41, 5.74) is 1.59. The van der Waals surface area contributed by atoms with E-state index in [9.17, 15) is 38.0 Å². The van der Waals surface area contributed by atoms with Gasteiger partial charge in [-0.3, -0.25) is 43.5 Å². The number of halogens is 2. The van der Waals surface area contributed by atoms with Crippen molar-refractivity contribution in [2.24, 2.45) is 5.92 Å². The molecule has 5 aliphatic rings. The third kappa shape index (κ3) is 16.8. The van der Waals surface area contributed by atoms with Crippen LogP contribution in [0.4, 0.5) is 41.1 Å². The number of benzene rings is 5. The Balaban J connectivity index is 0.829. The quantitative estimate of drug-likeness (QED) is 0.0679. The zero-order valence-corrected chi connectivity index (χ0v) is 57.2. The molecule has 0 saturated carbocycles. The van der Waals surface area contributed by atoms with E-state index in [2.05, 4.69) is 38.0 Å². The van der Waals surface area contributed by atoms with E-state index in [0.29, 0.717) is 106 Å². The minimum Gasteiger partial charge on any atom is -0.444 e. The van der Waals surface area contributed by atoms with Crippen LogP contribution in [0.1, 0.15) is 126 Å². The van der Waals surface area contributed by atoms with Crippen LogP contribution in [0.5, 0.6) is 0 Å². The van der Waals surface area contributed by atoms with Gasteiger partial charge in [0.2, 0.25) is 23.6 Å². The fraction of sp³-hybridized carbons (Fsp3) is 0.479. The largest absolute Gasteiger partial charge is 0.444 e. The molecule has 0 bridgehead atoms. The molecule has 518 valence electrons. The van der Waals surface area contributed by atoms with Crippen LogP contribution in [0.25, 0.3) is 0 Å². The Hall–Kier alpha value is -8.84. The number of rotatable bonds is 17. The number of hydrogen-bond acceptors (Lipinski definition) is 14. The summed E-state index contributed by atoms with van der Waals surface area (Å²) in [5.74, 6) is -4.85. The van der Waals surface area contributed by atoms with Gasteiger partial charge in [-0.1, -0.05) is 48.5 Å². The summed E-state index contributed by atoms with van der Waals surface area (Å²) in [4.78, 5) is 125. The molecule has 24 heteroatoms. The summed E-state index contributed by atoms with van der Waals surface area (Å²) in [5, 5.41) is 11.4. The molecule has 4 unspecified atom stereocenters. The maximum Gasteiger partial charge on any atom is 0.410 e. The summed E-state index contributed by atoms with van der Waals surface area (Å²) in [7, 11) is 1.43. The maximum atomic E-state index is 15.9. The third-order valence-corrected chi connectivity index (χ3v) is 18.8. The van der Waals surface area contributed by atoms with E-state index in [0.717, 1.165) is 22.1 Å². The number of amides is 8. The van der Waals surface area contributed by atoms with Crippen LogP contribution in [-0.2, 0) is 61.3 Å². The number of ether oxygens (including phenoxy) is 4. The average molecular weight is 1340 g/mol. The summed E-state index contributed by atoms with van der Waals surface area (Å²) < 4.78 is 52.6. The van der Waals surface area contributed by atoms with Crippen molar-refractivity contribution in [1.29, 1.82) is 0 Å². The number of hydrogen-bond donors (Lipinski definition) is 4. The number of piperazine rings is 1. The molecule has 22 nitrogen and oxygen atoms in total. The van der Waals surface area contributed by atoms with Crippen LogP contribution in [0, 0.1) is 17.6 Å². The van der Waals surface area contributed by atoms with E-state index >= 15 is 9.18 Å². The number of nitrogens with one attached hydrogen (secondary N) is 4. The predicted octanol–water partition coefficient (Wildman–Crippen LogP) is 9.27. The molecule has 3 saturated heterocycles. The van der Waals surface area contributed by atoms with Gasteiger partial charge >= 0.3 is 12.2 Å². The summed E-state index contributed by atoms with van der Waals surface area (Å²) in [6.45, 7) is 21.7. The minimum atomic E-state index is -1.28. The third-order valence-electron chi connectivity index (χ3n) is 18.8. The molecule has 97 heavy (non-hydrogen) atoms. The molecule has 0 radical (unpaired) electrons. The van der Waals surface area contributed by atoms with E-state index in [-0.39, 0.29) is 60.7 Å². The lowest BCUT2D eigenvalue weighted by Gasteiger charge is -2.47. The van der Waals surface area contributed by atoms with Gasteiger partial charge in [-0.25, -0.2) is 18.4 Å². The Bertz CT molecular complexity index is 3760. The maximum absolute atomic E-state index is 15.9. The first-order chi connectivity index (χ1) is 45.9. The fourth-order valence-electron chi connectivity index (χ4n) is 13.2. The molecule has 8 amide bonds. The van der Waals surface area contributed by atoms with Gasteiger partial charge in [-0.2, -0.15) is 0 Å². The molecule has 0 aliphatic carbocycles. The fourth-order valence-corrected chi connectivity index (χ4v) is 13.2. The monoisotopic (exact) mass is 1340 g/mol. The second kappa shape index (κ2) is 29.5. The Kier molecular flexibility index (Phi) is 21.6. The highest BCUT2D eigenvalue weighted by Crippen LogP contribution is 2.43. The second-order valence-corrected chi connectivity index (χ2v) is 28.4. The van der Waals surface area contributed by atoms with Gasteiger partial charge in [-0.05, 0) is 183 Å². The first-order valence-electron chi connectivity index (χ1n) is 33.2. The summed E-state index contributed by atoms with van der Waals surface area (Å²) >= 11 is 0. The van der Waals surface area contributed by atoms with Crippen molar-refractivity contribution in [3.8, 4) is 0 Å². The van der Waals surface area contributed by atoms with Gasteiger partial charge < -0.3 is 54.9 Å². The van der Waals surface area contributed by atoms with Gasteiger partial charge in [0.15, 0.2) is 0 Å². The number of carbonyl (C=O) groups excluding carboxylic acids is 8. The van der Waals surface area contributed by atoms with Gasteiger partial charge in [0.05, 0.1) is 30.9 Å². The molecule has 4 N–H and O–H groups in total. The topological polar surface area (TPSA) is 241 Å². The SMILES string of the molecule is CC1COCCN1C[C@H]1CN(C(=O)OC(C)(C)C)[C@H](C)CN1CC(=O)N1CC(C)(C(=O)Nc2ccc(NC(=O)c3ccc(F)c(NC(=O)[C@@H]4c5ccccc5CN4C(=O)C(NC(=O)C(C)N(C)C(=O)OC(C)(C)C)C4CCOCC4)c3)cc2)c2ccc(Cc3ccc(F)cc3)cc21. The smallest absolute Gasteiger partial charge is 0.410 e. The minimum absolute atomic E-state index is 0.00162. The van der Waals surface area contributed by atoms with Gasteiger partial charge in [0, 0.05) is 100 Å². The summed E-state index contributed by atoms with van der Waals surface area (Å²) in [6.07, 6.45) is 0.134. The van der Waals surface area contributed by atoms with E-state index in [1.807, 2.05) is 45.9 Å². The highest BCUT2D eigenvalue weighted by molar-refractivity contribution is 6.08. The summed E-state index contributed by atoms with van der Waals surface area (Å²) in [6, 6.07) is 24.9. The first kappa shape index (κ1) is 70.9. The molecule has 0 spiro atoms. The molecular weight excluding hydrogens is 1250 g/mol. The van der Waals surface area contributed by atoms with Crippen LogP contribution in [0.2, 0.25) is 0 Å². The molecule has 3 fully saturated rings. The molecule has 5 aliphatic heterocycles. The average Bonchev–Trinajstić information content (AvgIpc) is 1.61. The first-order valence-corrected chi connectivity index (χ1v) is 33.2. The number of likely N-dealkylation sites (N-methyl/N-ethyl adjacent to an activating group) is 1. The molecule has 5 aromatic rings.